The van der Waals surface area contributed by atoms with Crippen LogP contribution in [0.1, 0.15) is 19.4 Å². The fourth-order valence-electron chi connectivity index (χ4n) is 1.83. The number of nitrogens with two attached hydrogens (primary N) is 1. The van der Waals surface area contributed by atoms with Crippen molar-refractivity contribution in [3.05, 3.63) is 59.1 Å². The Balaban J connectivity index is 1.98. The Kier molecular flexibility index (Phi) is 5.92. The first-order valence-electron chi connectivity index (χ1n) is 7.22. The third kappa shape index (κ3) is 5.40. The number of rotatable bonds is 4. The van der Waals surface area contributed by atoms with E-state index in [1.807, 2.05) is 19.1 Å². The number of carbonyl (C=O) groups is 1. The van der Waals surface area contributed by atoms with Crippen molar-refractivity contribution in [1.82, 2.24) is 0 Å². The van der Waals surface area contributed by atoms with Crippen LogP contribution in [0, 0.1) is 0 Å². The molecule has 2 aromatic carbocycles. The number of carbonyl (C=O) groups excluding carboxylic acids is 1. The van der Waals surface area contributed by atoms with Crippen molar-refractivity contribution in [3.63, 3.8) is 0 Å². The number of benzene rings is 2. The van der Waals surface area contributed by atoms with Gasteiger partial charge in [-0.2, -0.15) is 5.10 Å². The van der Waals surface area contributed by atoms with Crippen molar-refractivity contribution in [2.75, 3.05) is 10.6 Å². The molecule has 0 bridgehead atoms. The normalized spacial score (nSPS) is 12.0. The molecule has 2 amide bonds. The largest absolute Gasteiger partial charge is 0.386 e. The molecule has 0 aliphatic carbocycles. The molecule has 124 valence electrons. The number of amides is 2. The van der Waals surface area contributed by atoms with Gasteiger partial charge < -0.3 is 16.4 Å². The van der Waals surface area contributed by atoms with Gasteiger partial charge in [-0.15, -0.1) is 5.10 Å². The van der Waals surface area contributed by atoms with Crippen LogP contribution in [0.5, 0.6) is 0 Å². The number of amidine groups is 1. The number of nitrogens with one attached hydrogen (secondary N) is 2. The fourth-order valence-corrected chi connectivity index (χ4v) is 1.96. The first kappa shape index (κ1) is 17.5. The van der Waals surface area contributed by atoms with Crippen LogP contribution in [0.2, 0.25) is 5.02 Å². The third-order valence-corrected chi connectivity index (χ3v) is 3.27. The molecule has 2 aromatic rings. The van der Waals surface area contributed by atoms with Crippen molar-refractivity contribution in [2.24, 2.45) is 15.9 Å². The van der Waals surface area contributed by atoms with Gasteiger partial charge in [0.2, 0.25) is 0 Å². The Labute approximate surface area is 145 Å². The van der Waals surface area contributed by atoms with Crippen LogP contribution in [0.4, 0.5) is 16.2 Å². The number of anilines is 2. The second-order valence-electron chi connectivity index (χ2n) is 5.09. The zero-order valence-corrected chi connectivity index (χ0v) is 14.1. The summed E-state index contributed by atoms with van der Waals surface area (Å²) in [5.74, 6) is 0.395. The lowest BCUT2D eigenvalue weighted by Gasteiger charge is -2.08. The Hall–Kier alpha value is -2.86. The summed E-state index contributed by atoms with van der Waals surface area (Å²) in [5.41, 5.74) is 8.40. The minimum atomic E-state index is -0.334. The number of hydrogen-bond donors (Lipinski definition) is 3. The van der Waals surface area contributed by atoms with E-state index in [1.165, 1.54) is 0 Å². The van der Waals surface area contributed by atoms with Gasteiger partial charge in [0.25, 0.3) is 0 Å². The summed E-state index contributed by atoms with van der Waals surface area (Å²) >= 11 is 5.81. The van der Waals surface area contributed by atoms with Crippen molar-refractivity contribution in [1.29, 1.82) is 0 Å². The van der Waals surface area contributed by atoms with E-state index in [2.05, 4.69) is 20.8 Å². The maximum Gasteiger partial charge on any atom is 0.323 e. The molecule has 0 aliphatic heterocycles. The molecule has 0 radical (unpaired) electrons. The smallest absolute Gasteiger partial charge is 0.323 e. The predicted octanol–water partition coefficient (Wildman–Crippen LogP) is 4.09. The van der Waals surface area contributed by atoms with E-state index < -0.39 is 0 Å². The minimum absolute atomic E-state index is 0.334. The summed E-state index contributed by atoms with van der Waals surface area (Å²) in [6, 6.07) is 13.8. The van der Waals surface area contributed by atoms with Crippen LogP contribution in [0.3, 0.4) is 0 Å². The molecule has 0 fully saturated rings. The van der Waals surface area contributed by atoms with Crippen LogP contribution >= 0.6 is 11.6 Å². The molecule has 0 unspecified atom stereocenters. The van der Waals surface area contributed by atoms with E-state index in [9.17, 15) is 4.79 Å². The summed E-state index contributed by atoms with van der Waals surface area (Å²) in [7, 11) is 0. The molecular formula is C17H18ClN5O. The molecular weight excluding hydrogens is 326 g/mol. The van der Waals surface area contributed by atoms with Crippen LogP contribution in [-0.4, -0.2) is 17.6 Å². The van der Waals surface area contributed by atoms with Gasteiger partial charge in [-0.05, 0) is 55.8 Å². The van der Waals surface area contributed by atoms with Gasteiger partial charge in [0.1, 0.15) is 5.84 Å². The average molecular weight is 344 g/mol. The monoisotopic (exact) mass is 343 g/mol. The highest BCUT2D eigenvalue weighted by Crippen LogP contribution is 2.15. The number of urea groups is 1. The van der Waals surface area contributed by atoms with Crippen molar-refractivity contribution in [2.45, 2.75) is 13.8 Å². The van der Waals surface area contributed by atoms with Crippen molar-refractivity contribution < 1.29 is 4.79 Å². The quantitative estimate of drug-likeness (QED) is 0.443. The summed E-state index contributed by atoms with van der Waals surface area (Å²) < 4.78 is 0. The first-order chi connectivity index (χ1) is 11.4. The lowest BCUT2D eigenvalue weighted by molar-refractivity contribution is 0.262. The van der Waals surface area contributed by atoms with E-state index in [-0.39, 0.29) is 6.03 Å². The highest BCUT2D eigenvalue weighted by Gasteiger charge is 2.04. The molecule has 0 saturated heterocycles. The van der Waals surface area contributed by atoms with Gasteiger partial charge in [-0.3, -0.25) is 0 Å². The zero-order chi connectivity index (χ0) is 17.5. The number of halogens is 1. The standard InChI is InChI=1S/C17H18ClN5O/c1-11(22-23-12(2)19)13-3-7-15(8-4-13)20-17(24)21-16-9-5-14(18)6-10-16/h3-10H,1-2H3,(H2,19,23)(H2,20,21,24)/b22-11-. The first-order valence-corrected chi connectivity index (χ1v) is 7.60. The second-order valence-corrected chi connectivity index (χ2v) is 5.53. The maximum atomic E-state index is 12.0. The fraction of sp³-hybridized carbons (Fsp3) is 0.118. The number of nitrogens with zero attached hydrogens (tertiary/aromatic N) is 2. The van der Waals surface area contributed by atoms with Gasteiger partial charge in [0, 0.05) is 16.4 Å². The van der Waals surface area contributed by atoms with E-state index in [1.54, 1.807) is 43.3 Å². The molecule has 0 aliphatic rings. The van der Waals surface area contributed by atoms with Crippen LogP contribution in [0.25, 0.3) is 0 Å². The summed E-state index contributed by atoms with van der Waals surface area (Å²) in [6.45, 7) is 3.51. The highest BCUT2D eigenvalue weighted by molar-refractivity contribution is 6.30. The second kappa shape index (κ2) is 8.12. The Morgan fingerprint density at radius 3 is 1.92 bits per heavy atom. The van der Waals surface area contributed by atoms with Crippen molar-refractivity contribution >= 4 is 40.6 Å². The van der Waals surface area contributed by atoms with E-state index >= 15 is 0 Å². The van der Waals surface area contributed by atoms with Gasteiger partial charge in [0.15, 0.2) is 0 Å². The average Bonchev–Trinajstić information content (AvgIpc) is 2.55. The molecule has 2 rings (SSSR count). The zero-order valence-electron chi connectivity index (χ0n) is 13.4. The Morgan fingerprint density at radius 2 is 1.42 bits per heavy atom. The minimum Gasteiger partial charge on any atom is -0.386 e. The summed E-state index contributed by atoms with van der Waals surface area (Å²) in [6.07, 6.45) is 0. The van der Waals surface area contributed by atoms with Crippen LogP contribution in [-0.2, 0) is 0 Å². The molecule has 0 atom stereocenters. The highest BCUT2D eigenvalue weighted by atomic mass is 35.5. The lowest BCUT2D eigenvalue weighted by atomic mass is 10.1. The molecule has 0 heterocycles. The SMILES string of the molecule is CC(N)=N/N=C(/C)c1ccc(NC(=O)Nc2ccc(Cl)cc2)cc1. The molecule has 0 aromatic heterocycles. The van der Waals surface area contributed by atoms with E-state index in [0.29, 0.717) is 22.2 Å². The summed E-state index contributed by atoms with van der Waals surface area (Å²) in [5, 5.41) is 13.9. The van der Waals surface area contributed by atoms with Gasteiger partial charge in [-0.25, -0.2) is 4.79 Å². The molecule has 4 N–H and O–H groups in total. The van der Waals surface area contributed by atoms with Crippen LogP contribution in [0.15, 0.2) is 58.7 Å². The maximum absolute atomic E-state index is 12.0. The predicted molar refractivity (Wildman–Crippen MR) is 100 cm³/mol. The van der Waals surface area contributed by atoms with Crippen LogP contribution < -0.4 is 16.4 Å². The Morgan fingerprint density at radius 1 is 0.917 bits per heavy atom. The lowest BCUT2D eigenvalue weighted by Crippen LogP contribution is -2.19. The molecule has 0 saturated carbocycles. The topological polar surface area (TPSA) is 91.9 Å². The van der Waals surface area contributed by atoms with Gasteiger partial charge >= 0.3 is 6.03 Å². The summed E-state index contributed by atoms with van der Waals surface area (Å²) in [4.78, 5) is 12.0. The third-order valence-electron chi connectivity index (χ3n) is 3.02. The van der Waals surface area contributed by atoms with E-state index in [4.69, 9.17) is 17.3 Å². The molecule has 0 spiro atoms. The number of hydrogen-bond acceptors (Lipinski definition) is 3. The van der Waals surface area contributed by atoms with E-state index in [0.717, 1.165) is 11.3 Å². The molecule has 7 heteroatoms. The Bertz CT molecular complexity index is 763. The van der Waals surface area contributed by atoms with Gasteiger partial charge in [-0.1, -0.05) is 23.7 Å². The van der Waals surface area contributed by atoms with Gasteiger partial charge in [0.05, 0.1) is 5.71 Å². The van der Waals surface area contributed by atoms with Crippen molar-refractivity contribution in [3.8, 4) is 0 Å². The molecule has 6 nitrogen and oxygen atoms in total. The molecule has 24 heavy (non-hydrogen) atoms.